The maximum atomic E-state index is 10.9. The molecule has 0 radical (unpaired) electrons. The smallest absolute Gasteiger partial charge is 0.305 e. The van der Waals surface area contributed by atoms with E-state index in [9.17, 15) is 9.90 Å². The summed E-state index contributed by atoms with van der Waals surface area (Å²) in [6, 6.07) is 0. The van der Waals surface area contributed by atoms with Crippen LogP contribution in [0.15, 0.2) is 36.5 Å². The zero-order chi connectivity index (χ0) is 17.9. The Labute approximate surface area is 147 Å². The Bertz CT molecular complexity index is 449. The minimum absolute atomic E-state index is 0.164. The third-order valence-electron chi connectivity index (χ3n) is 3.39. The van der Waals surface area contributed by atoms with Gasteiger partial charge in [0, 0.05) is 12.8 Å². The van der Waals surface area contributed by atoms with E-state index in [1.165, 1.54) is 26.4 Å². The first-order chi connectivity index (χ1) is 11.7. The van der Waals surface area contributed by atoms with E-state index in [1.807, 2.05) is 18.2 Å². The number of hydrogen-bond acceptors (Lipinski definition) is 3. The molecule has 0 spiro atoms. The highest BCUT2D eigenvalue weighted by molar-refractivity contribution is 5.69. The summed E-state index contributed by atoms with van der Waals surface area (Å²) in [4.78, 5) is 10.9. The molecule has 0 aliphatic rings. The predicted molar refractivity (Wildman–Crippen MR) is 100 cm³/mol. The van der Waals surface area contributed by atoms with Gasteiger partial charge in [0.05, 0.1) is 13.2 Å². The van der Waals surface area contributed by atoms with Crippen molar-refractivity contribution < 1.29 is 14.6 Å². The second-order valence-corrected chi connectivity index (χ2v) is 5.59. The first kappa shape index (κ1) is 22.2. The lowest BCUT2D eigenvalue weighted by Gasteiger charge is -1.98. The molecule has 0 bridgehead atoms. The second-order valence-electron chi connectivity index (χ2n) is 5.59. The second kappa shape index (κ2) is 17.6. The highest BCUT2D eigenvalue weighted by Crippen LogP contribution is 2.02. The van der Waals surface area contributed by atoms with Crippen LogP contribution >= 0.6 is 0 Å². The summed E-state index contributed by atoms with van der Waals surface area (Å²) in [5.74, 6) is 5.75. The highest BCUT2D eigenvalue weighted by atomic mass is 16.5. The van der Waals surface area contributed by atoms with Crippen LogP contribution in [0.25, 0.3) is 0 Å². The quantitative estimate of drug-likeness (QED) is 0.243. The van der Waals surface area contributed by atoms with Crippen LogP contribution in [-0.2, 0) is 9.53 Å². The summed E-state index contributed by atoms with van der Waals surface area (Å²) in [6.07, 6.45) is 19.4. The Morgan fingerprint density at radius 1 is 1.12 bits per heavy atom. The van der Waals surface area contributed by atoms with E-state index in [0.29, 0.717) is 19.3 Å². The molecule has 0 saturated carbocycles. The lowest BCUT2D eigenvalue weighted by molar-refractivity contribution is -0.140. The fourth-order valence-electron chi connectivity index (χ4n) is 1.95. The third-order valence-corrected chi connectivity index (χ3v) is 3.39. The van der Waals surface area contributed by atoms with Crippen molar-refractivity contribution in [1.82, 2.24) is 0 Å². The molecule has 3 nitrogen and oxygen atoms in total. The SMILES string of the molecule is CCCCC/C=C\CC(O)/C=C/C#CC/C=C\CCCC(=O)OC. The van der Waals surface area contributed by atoms with Gasteiger partial charge >= 0.3 is 5.97 Å². The number of unbranched alkanes of at least 4 members (excludes halogenated alkanes) is 4. The van der Waals surface area contributed by atoms with E-state index < -0.39 is 6.10 Å². The monoisotopic (exact) mass is 332 g/mol. The van der Waals surface area contributed by atoms with Crippen LogP contribution in [0.4, 0.5) is 0 Å². The van der Waals surface area contributed by atoms with Gasteiger partial charge in [-0.05, 0) is 44.3 Å². The molecule has 0 aromatic heterocycles. The summed E-state index contributed by atoms with van der Waals surface area (Å²) in [5.41, 5.74) is 0. The molecule has 0 aromatic carbocycles. The van der Waals surface area contributed by atoms with Gasteiger partial charge in [-0.25, -0.2) is 0 Å². The molecule has 134 valence electrons. The molecular weight excluding hydrogens is 300 g/mol. The zero-order valence-corrected chi connectivity index (χ0v) is 15.2. The van der Waals surface area contributed by atoms with Crippen LogP contribution < -0.4 is 0 Å². The van der Waals surface area contributed by atoms with Crippen molar-refractivity contribution in [2.24, 2.45) is 0 Å². The van der Waals surface area contributed by atoms with Crippen LogP contribution in [0.2, 0.25) is 0 Å². The Balaban J connectivity index is 3.68. The molecular formula is C21H32O3. The molecule has 1 atom stereocenters. The largest absolute Gasteiger partial charge is 0.469 e. The summed E-state index contributed by atoms with van der Waals surface area (Å²) < 4.78 is 4.57. The molecule has 0 rings (SSSR count). The van der Waals surface area contributed by atoms with Crippen molar-refractivity contribution in [3.05, 3.63) is 36.5 Å². The lowest BCUT2D eigenvalue weighted by atomic mass is 10.1. The predicted octanol–water partition coefficient (Wildman–Crippen LogP) is 4.72. The molecule has 0 amide bonds. The van der Waals surface area contributed by atoms with Crippen molar-refractivity contribution in [2.45, 2.75) is 70.8 Å². The van der Waals surface area contributed by atoms with Gasteiger partial charge < -0.3 is 9.84 Å². The zero-order valence-electron chi connectivity index (χ0n) is 15.2. The van der Waals surface area contributed by atoms with Crippen molar-refractivity contribution in [2.75, 3.05) is 7.11 Å². The molecule has 3 heteroatoms. The summed E-state index contributed by atoms with van der Waals surface area (Å²) in [6.45, 7) is 2.19. The van der Waals surface area contributed by atoms with Gasteiger partial charge in [0.2, 0.25) is 0 Å². The minimum Gasteiger partial charge on any atom is -0.469 e. The Morgan fingerprint density at radius 3 is 2.62 bits per heavy atom. The number of carbonyl (C=O) groups excluding carboxylic acids is 1. The van der Waals surface area contributed by atoms with Crippen LogP contribution in [0, 0.1) is 11.8 Å². The number of rotatable bonds is 12. The van der Waals surface area contributed by atoms with Crippen LogP contribution in [0.5, 0.6) is 0 Å². The summed E-state index contributed by atoms with van der Waals surface area (Å²) in [7, 11) is 1.40. The van der Waals surface area contributed by atoms with Crippen LogP contribution in [-0.4, -0.2) is 24.3 Å². The Kier molecular flexibility index (Phi) is 16.3. The summed E-state index contributed by atoms with van der Waals surface area (Å²) >= 11 is 0. The average Bonchev–Trinajstić information content (AvgIpc) is 2.59. The molecule has 0 aliphatic heterocycles. The van der Waals surface area contributed by atoms with Crippen molar-refractivity contribution in [1.29, 1.82) is 0 Å². The molecule has 0 saturated heterocycles. The van der Waals surface area contributed by atoms with Gasteiger partial charge in [-0.2, -0.15) is 0 Å². The van der Waals surface area contributed by atoms with E-state index in [0.717, 1.165) is 19.3 Å². The van der Waals surface area contributed by atoms with Gasteiger partial charge in [0.15, 0.2) is 0 Å². The average molecular weight is 332 g/mol. The standard InChI is InChI=1S/C21H32O3/c1-3-4-5-6-11-14-17-20(22)18-15-12-9-7-8-10-13-16-19-21(23)24-2/h8,10-11,14-15,18,20,22H,3-7,13,16-17,19H2,1-2H3/b10-8-,14-11-,18-15+. The third kappa shape index (κ3) is 16.6. The van der Waals surface area contributed by atoms with E-state index in [1.54, 1.807) is 12.2 Å². The fourth-order valence-corrected chi connectivity index (χ4v) is 1.95. The van der Waals surface area contributed by atoms with Gasteiger partial charge in [0.1, 0.15) is 0 Å². The minimum atomic E-state index is -0.462. The number of aliphatic hydroxyl groups excluding tert-OH is 1. The van der Waals surface area contributed by atoms with Crippen LogP contribution in [0.3, 0.4) is 0 Å². The van der Waals surface area contributed by atoms with Crippen molar-refractivity contribution >= 4 is 5.97 Å². The maximum Gasteiger partial charge on any atom is 0.305 e. The van der Waals surface area contributed by atoms with Crippen molar-refractivity contribution in [3.63, 3.8) is 0 Å². The topological polar surface area (TPSA) is 46.5 Å². The van der Waals surface area contributed by atoms with Gasteiger partial charge in [-0.1, -0.05) is 55.9 Å². The molecule has 0 fully saturated rings. The fraction of sp³-hybridized carbons (Fsp3) is 0.571. The van der Waals surface area contributed by atoms with E-state index in [4.69, 9.17) is 0 Å². The number of esters is 1. The normalized spacial score (nSPS) is 12.6. The Hall–Kier alpha value is -1.79. The summed E-state index contributed by atoms with van der Waals surface area (Å²) in [5, 5.41) is 9.76. The molecule has 1 unspecified atom stereocenters. The van der Waals surface area contributed by atoms with Gasteiger partial charge in [0.25, 0.3) is 0 Å². The molecule has 0 heterocycles. The number of methoxy groups -OCH3 is 1. The van der Waals surface area contributed by atoms with Gasteiger partial charge in [-0.3, -0.25) is 4.79 Å². The number of aliphatic hydroxyl groups is 1. The van der Waals surface area contributed by atoms with Gasteiger partial charge in [-0.15, -0.1) is 0 Å². The molecule has 0 aliphatic carbocycles. The first-order valence-corrected chi connectivity index (χ1v) is 8.90. The molecule has 0 aromatic rings. The van der Waals surface area contributed by atoms with E-state index >= 15 is 0 Å². The lowest BCUT2D eigenvalue weighted by Crippen LogP contribution is -1.98. The molecule has 24 heavy (non-hydrogen) atoms. The Morgan fingerprint density at radius 2 is 1.88 bits per heavy atom. The first-order valence-electron chi connectivity index (χ1n) is 8.90. The number of hydrogen-bond donors (Lipinski definition) is 1. The molecule has 1 N–H and O–H groups in total. The van der Waals surface area contributed by atoms with Crippen molar-refractivity contribution in [3.8, 4) is 11.8 Å². The van der Waals surface area contributed by atoms with E-state index in [2.05, 4.69) is 29.6 Å². The van der Waals surface area contributed by atoms with Crippen LogP contribution in [0.1, 0.15) is 64.7 Å². The van der Waals surface area contributed by atoms with E-state index in [-0.39, 0.29) is 5.97 Å². The maximum absolute atomic E-state index is 10.9. The highest BCUT2D eigenvalue weighted by Gasteiger charge is 1.96. The number of ether oxygens (including phenoxy) is 1. The number of allylic oxidation sites excluding steroid dienone is 4. The number of carbonyl (C=O) groups is 1.